The molecule has 0 radical (unpaired) electrons. The Morgan fingerprint density at radius 1 is 1.19 bits per heavy atom. The lowest BCUT2D eigenvalue weighted by Crippen LogP contribution is -2.06. The zero-order valence-electron chi connectivity index (χ0n) is 12.5. The van der Waals surface area contributed by atoms with Crippen LogP contribution in [-0.2, 0) is 0 Å². The van der Waals surface area contributed by atoms with Crippen LogP contribution in [0.2, 0.25) is 0 Å². The molecule has 0 atom stereocenters. The molecular formula is C17H20BrN3. The Labute approximate surface area is 134 Å². The Kier molecular flexibility index (Phi) is 4.24. The second-order valence-corrected chi connectivity index (χ2v) is 6.41. The molecule has 2 aromatic rings. The zero-order valence-corrected chi connectivity index (χ0v) is 14.1. The largest absolute Gasteiger partial charge is 0.369 e. The molecule has 0 amide bonds. The van der Waals surface area contributed by atoms with Gasteiger partial charge in [-0.25, -0.2) is 9.97 Å². The van der Waals surface area contributed by atoms with E-state index >= 15 is 0 Å². The summed E-state index contributed by atoms with van der Waals surface area (Å²) in [5.74, 6) is 2.45. The van der Waals surface area contributed by atoms with Gasteiger partial charge in [-0.05, 0) is 53.6 Å². The highest BCUT2D eigenvalue weighted by Crippen LogP contribution is 2.40. The maximum atomic E-state index is 4.66. The molecule has 1 aliphatic rings. The molecule has 0 spiro atoms. The molecule has 1 aromatic carbocycles. The third kappa shape index (κ3) is 3.26. The number of anilines is 1. The van der Waals surface area contributed by atoms with Crippen LogP contribution in [0, 0.1) is 6.92 Å². The molecule has 0 saturated heterocycles. The van der Waals surface area contributed by atoms with Gasteiger partial charge in [0.05, 0.1) is 10.2 Å². The fourth-order valence-corrected chi connectivity index (χ4v) is 2.69. The summed E-state index contributed by atoms with van der Waals surface area (Å²) >= 11 is 3.57. The van der Waals surface area contributed by atoms with Crippen molar-refractivity contribution in [2.45, 2.75) is 39.0 Å². The van der Waals surface area contributed by atoms with Gasteiger partial charge in [0.15, 0.2) is 5.82 Å². The minimum atomic E-state index is 0.786. The molecule has 1 aromatic heterocycles. The van der Waals surface area contributed by atoms with Crippen LogP contribution in [0.25, 0.3) is 11.4 Å². The van der Waals surface area contributed by atoms with Crippen LogP contribution in [0.1, 0.15) is 43.4 Å². The van der Waals surface area contributed by atoms with Crippen LogP contribution < -0.4 is 5.32 Å². The van der Waals surface area contributed by atoms with Crippen molar-refractivity contribution in [2.75, 3.05) is 11.9 Å². The SMILES string of the molecule is CCCNc1nc(-c2ccc(C3CC3)cc2)nc(C)c1Br. The van der Waals surface area contributed by atoms with E-state index in [-0.39, 0.29) is 0 Å². The lowest BCUT2D eigenvalue weighted by atomic mass is 10.1. The highest BCUT2D eigenvalue weighted by atomic mass is 79.9. The highest BCUT2D eigenvalue weighted by Gasteiger charge is 2.23. The predicted octanol–water partition coefficient (Wildman–Crippen LogP) is 4.91. The first-order chi connectivity index (χ1) is 10.2. The average Bonchev–Trinajstić information content (AvgIpc) is 3.33. The number of aromatic nitrogens is 2. The van der Waals surface area contributed by atoms with Gasteiger partial charge < -0.3 is 5.32 Å². The van der Waals surface area contributed by atoms with Crippen molar-refractivity contribution in [2.24, 2.45) is 0 Å². The third-order valence-electron chi connectivity index (χ3n) is 3.78. The number of hydrogen-bond donors (Lipinski definition) is 1. The Morgan fingerprint density at radius 2 is 1.90 bits per heavy atom. The van der Waals surface area contributed by atoms with Crippen molar-refractivity contribution in [3.63, 3.8) is 0 Å². The summed E-state index contributed by atoms with van der Waals surface area (Å²) in [5, 5.41) is 3.36. The van der Waals surface area contributed by atoms with Crippen molar-refractivity contribution < 1.29 is 0 Å². The van der Waals surface area contributed by atoms with Crippen molar-refractivity contribution >= 4 is 21.7 Å². The van der Waals surface area contributed by atoms with Gasteiger partial charge in [0.25, 0.3) is 0 Å². The van der Waals surface area contributed by atoms with Crippen molar-refractivity contribution in [3.8, 4) is 11.4 Å². The minimum absolute atomic E-state index is 0.786. The highest BCUT2D eigenvalue weighted by molar-refractivity contribution is 9.10. The lowest BCUT2D eigenvalue weighted by molar-refractivity contribution is 0.958. The molecule has 1 aliphatic carbocycles. The molecule has 1 N–H and O–H groups in total. The van der Waals surface area contributed by atoms with Crippen LogP contribution in [0.15, 0.2) is 28.7 Å². The van der Waals surface area contributed by atoms with E-state index in [2.05, 4.69) is 62.4 Å². The van der Waals surface area contributed by atoms with Crippen LogP contribution in [0.5, 0.6) is 0 Å². The number of rotatable bonds is 5. The van der Waals surface area contributed by atoms with Crippen molar-refractivity contribution in [1.29, 1.82) is 0 Å². The summed E-state index contributed by atoms with van der Waals surface area (Å²) in [4.78, 5) is 9.27. The second-order valence-electron chi connectivity index (χ2n) is 5.62. The maximum absolute atomic E-state index is 4.66. The number of nitrogens with one attached hydrogen (secondary N) is 1. The summed E-state index contributed by atoms with van der Waals surface area (Å²) in [6, 6.07) is 8.71. The molecule has 0 unspecified atom stereocenters. The van der Waals surface area contributed by atoms with E-state index in [4.69, 9.17) is 0 Å². The van der Waals surface area contributed by atoms with Crippen LogP contribution in [0.3, 0.4) is 0 Å². The topological polar surface area (TPSA) is 37.8 Å². The number of benzene rings is 1. The molecule has 0 bridgehead atoms. The molecule has 3 nitrogen and oxygen atoms in total. The standard InChI is InChI=1S/C17H20BrN3/c1-3-10-19-17-15(18)11(2)20-16(21-17)14-8-6-13(7-9-14)12-4-5-12/h6-9,12H,3-5,10H2,1-2H3,(H,19,20,21). The smallest absolute Gasteiger partial charge is 0.161 e. The molecule has 21 heavy (non-hydrogen) atoms. The second kappa shape index (κ2) is 6.14. The van der Waals surface area contributed by atoms with Gasteiger partial charge in [-0.3, -0.25) is 0 Å². The van der Waals surface area contributed by atoms with Gasteiger partial charge in [0.2, 0.25) is 0 Å². The number of nitrogens with zero attached hydrogens (tertiary/aromatic N) is 2. The summed E-state index contributed by atoms with van der Waals surface area (Å²) < 4.78 is 0.953. The van der Waals surface area contributed by atoms with E-state index in [0.717, 1.165) is 46.3 Å². The van der Waals surface area contributed by atoms with Gasteiger partial charge in [0, 0.05) is 12.1 Å². The van der Waals surface area contributed by atoms with Gasteiger partial charge in [-0.15, -0.1) is 0 Å². The van der Waals surface area contributed by atoms with Crippen LogP contribution in [0.4, 0.5) is 5.82 Å². The molecule has 4 heteroatoms. The molecule has 1 heterocycles. The molecule has 1 saturated carbocycles. The number of halogens is 1. The van der Waals surface area contributed by atoms with E-state index in [1.165, 1.54) is 18.4 Å². The first-order valence-corrected chi connectivity index (χ1v) is 8.36. The van der Waals surface area contributed by atoms with Crippen molar-refractivity contribution in [1.82, 2.24) is 9.97 Å². The molecule has 110 valence electrons. The van der Waals surface area contributed by atoms with E-state index in [1.54, 1.807) is 0 Å². The van der Waals surface area contributed by atoms with Crippen molar-refractivity contribution in [3.05, 3.63) is 40.0 Å². The normalized spacial score (nSPS) is 14.2. The fraction of sp³-hybridized carbons (Fsp3) is 0.412. The number of aryl methyl sites for hydroxylation is 1. The summed E-state index contributed by atoms with van der Waals surface area (Å²) in [7, 11) is 0. The fourth-order valence-electron chi connectivity index (χ4n) is 2.37. The zero-order chi connectivity index (χ0) is 14.8. The summed E-state index contributed by atoms with van der Waals surface area (Å²) in [6.45, 7) is 5.06. The van der Waals surface area contributed by atoms with E-state index in [1.807, 2.05) is 6.92 Å². The predicted molar refractivity (Wildman–Crippen MR) is 90.7 cm³/mol. The van der Waals surface area contributed by atoms with Gasteiger partial charge in [0.1, 0.15) is 5.82 Å². The molecule has 0 aliphatic heterocycles. The first kappa shape index (κ1) is 14.5. The van der Waals surface area contributed by atoms with E-state index < -0.39 is 0 Å². The van der Waals surface area contributed by atoms with Crippen LogP contribution in [-0.4, -0.2) is 16.5 Å². The van der Waals surface area contributed by atoms with Gasteiger partial charge in [-0.2, -0.15) is 0 Å². The molecule has 3 rings (SSSR count). The first-order valence-electron chi connectivity index (χ1n) is 7.57. The summed E-state index contributed by atoms with van der Waals surface area (Å²) in [6.07, 6.45) is 3.73. The Balaban J connectivity index is 1.91. The maximum Gasteiger partial charge on any atom is 0.161 e. The Bertz CT molecular complexity index is 633. The average molecular weight is 346 g/mol. The Hall–Kier alpha value is -1.42. The van der Waals surface area contributed by atoms with Gasteiger partial charge >= 0.3 is 0 Å². The Morgan fingerprint density at radius 3 is 2.52 bits per heavy atom. The van der Waals surface area contributed by atoms with E-state index in [9.17, 15) is 0 Å². The minimum Gasteiger partial charge on any atom is -0.369 e. The monoisotopic (exact) mass is 345 g/mol. The molecule has 1 fully saturated rings. The lowest BCUT2D eigenvalue weighted by Gasteiger charge is -2.11. The summed E-state index contributed by atoms with van der Waals surface area (Å²) in [5.41, 5.74) is 3.48. The third-order valence-corrected chi connectivity index (χ3v) is 4.73. The van der Waals surface area contributed by atoms with Crippen LogP contribution >= 0.6 is 15.9 Å². The number of hydrogen-bond acceptors (Lipinski definition) is 3. The molecular weight excluding hydrogens is 326 g/mol. The van der Waals surface area contributed by atoms with Gasteiger partial charge in [-0.1, -0.05) is 31.2 Å². The van der Waals surface area contributed by atoms with E-state index in [0.29, 0.717) is 0 Å². The quantitative estimate of drug-likeness (QED) is 0.836.